The minimum Gasteiger partial charge on any atom is -0.352 e. The summed E-state index contributed by atoms with van der Waals surface area (Å²) in [5.74, 6) is 0.978. The molecule has 5 rings (SSSR count). The van der Waals surface area contributed by atoms with Crippen molar-refractivity contribution in [1.29, 1.82) is 0 Å². The van der Waals surface area contributed by atoms with Gasteiger partial charge in [0.2, 0.25) is 0 Å². The van der Waals surface area contributed by atoms with Crippen molar-refractivity contribution in [2.45, 2.75) is 31.8 Å². The van der Waals surface area contributed by atoms with Gasteiger partial charge in [-0.2, -0.15) is 0 Å². The molecule has 7 nitrogen and oxygen atoms in total. The van der Waals surface area contributed by atoms with Crippen LogP contribution in [-0.4, -0.2) is 56.7 Å². The topological polar surface area (TPSA) is 82.2 Å². The highest BCUT2D eigenvalue weighted by Crippen LogP contribution is 2.35. The Labute approximate surface area is 160 Å². The number of fused-ring (bicyclic) bond motifs is 3. The largest absolute Gasteiger partial charge is 0.352 e. The van der Waals surface area contributed by atoms with Crippen molar-refractivity contribution in [3.05, 3.63) is 40.5 Å². The molecule has 3 aromatic rings. The summed E-state index contributed by atoms with van der Waals surface area (Å²) in [6.45, 7) is 3.07. The lowest BCUT2D eigenvalue weighted by Gasteiger charge is -2.41. The van der Waals surface area contributed by atoms with Gasteiger partial charge in [-0.15, -0.1) is 11.3 Å². The van der Waals surface area contributed by atoms with E-state index in [1.165, 1.54) is 18.3 Å². The molecule has 2 bridgehead atoms. The fraction of sp³-hybridized carbons (Fsp3) is 0.368. The highest BCUT2D eigenvalue weighted by molar-refractivity contribution is 7.12. The van der Waals surface area contributed by atoms with E-state index in [2.05, 4.69) is 19.9 Å². The first-order chi connectivity index (χ1) is 13.1. The summed E-state index contributed by atoms with van der Waals surface area (Å²) in [5, 5.41) is 2.82. The van der Waals surface area contributed by atoms with E-state index in [1.807, 2.05) is 17.2 Å². The van der Waals surface area contributed by atoms with E-state index in [0.29, 0.717) is 10.4 Å². The van der Waals surface area contributed by atoms with E-state index >= 15 is 0 Å². The van der Waals surface area contributed by atoms with Gasteiger partial charge in [0.1, 0.15) is 17.8 Å². The average molecular weight is 381 g/mol. The number of piperazine rings is 1. The second-order valence-electron chi connectivity index (χ2n) is 7.20. The van der Waals surface area contributed by atoms with Crippen molar-refractivity contribution in [3.8, 4) is 0 Å². The molecule has 1 amide bonds. The third-order valence-corrected chi connectivity index (χ3v) is 6.57. The molecule has 2 aliphatic heterocycles. The zero-order valence-electron chi connectivity index (χ0n) is 14.9. The molecular formula is C19H19N5O2S. The number of hydrogen-bond donors (Lipinski definition) is 1. The van der Waals surface area contributed by atoms with Crippen molar-refractivity contribution in [3.63, 3.8) is 0 Å². The molecule has 8 heteroatoms. The van der Waals surface area contributed by atoms with Crippen LogP contribution in [0.4, 0.5) is 5.82 Å². The van der Waals surface area contributed by atoms with Crippen LogP contribution >= 0.6 is 11.3 Å². The van der Waals surface area contributed by atoms with Crippen LogP contribution in [-0.2, 0) is 0 Å². The molecule has 27 heavy (non-hydrogen) atoms. The minimum absolute atomic E-state index is 0.00567. The van der Waals surface area contributed by atoms with E-state index in [1.54, 1.807) is 17.8 Å². The van der Waals surface area contributed by atoms with E-state index in [0.717, 1.165) is 42.8 Å². The number of nitrogens with one attached hydrogen (secondary N) is 1. The Morgan fingerprint density at radius 3 is 2.70 bits per heavy atom. The molecule has 1 N–H and O–H groups in total. The molecule has 0 radical (unpaired) electrons. The number of aromatic nitrogens is 3. The summed E-state index contributed by atoms with van der Waals surface area (Å²) in [6, 6.07) is 4.06. The van der Waals surface area contributed by atoms with Crippen molar-refractivity contribution in [1.82, 2.24) is 19.9 Å². The van der Waals surface area contributed by atoms with Crippen molar-refractivity contribution >= 4 is 39.9 Å². The van der Waals surface area contributed by atoms with Gasteiger partial charge in [-0.25, -0.2) is 9.97 Å². The lowest BCUT2D eigenvalue weighted by molar-refractivity contribution is 0.0642. The van der Waals surface area contributed by atoms with E-state index in [4.69, 9.17) is 0 Å². The average Bonchev–Trinajstić information content (AvgIpc) is 3.38. The number of nitrogens with zero attached hydrogens (tertiary/aromatic N) is 4. The number of ketones is 1. The minimum atomic E-state index is 0.00567. The first-order valence-electron chi connectivity index (χ1n) is 9.07. The van der Waals surface area contributed by atoms with Gasteiger partial charge in [0.15, 0.2) is 5.78 Å². The highest BCUT2D eigenvalue weighted by atomic mass is 32.1. The van der Waals surface area contributed by atoms with E-state index in [9.17, 15) is 9.59 Å². The number of carbonyl (C=O) groups excluding carboxylic acids is 2. The Hall–Kier alpha value is -2.74. The van der Waals surface area contributed by atoms with Crippen LogP contribution in [0.3, 0.4) is 0 Å². The number of amides is 1. The molecule has 2 fully saturated rings. The van der Waals surface area contributed by atoms with Crippen LogP contribution in [0.15, 0.2) is 30.0 Å². The summed E-state index contributed by atoms with van der Waals surface area (Å²) in [4.78, 5) is 41.5. The Kier molecular flexibility index (Phi) is 3.75. The molecule has 1 unspecified atom stereocenters. The Bertz CT molecular complexity index is 1030. The molecule has 2 atom stereocenters. The zero-order chi connectivity index (χ0) is 18.5. The maximum atomic E-state index is 13.1. The molecule has 0 aromatic carbocycles. The van der Waals surface area contributed by atoms with Crippen LogP contribution in [0.1, 0.15) is 39.8 Å². The van der Waals surface area contributed by atoms with Gasteiger partial charge in [0, 0.05) is 24.7 Å². The molecule has 138 valence electrons. The number of H-pyrrole nitrogens is 1. The van der Waals surface area contributed by atoms with Crippen LogP contribution in [0.25, 0.3) is 11.0 Å². The number of aromatic amines is 1. The first-order valence-corrected chi connectivity index (χ1v) is 9.95. The fourth-order valence-electron chi connectivity index (χ4n) is 4.30. The molecule has 0 aliphatic carbocycles. The number of thiophene rings is 1. The predicted molar refractivity (Wildman–Crippen MR) is 103 cm³/mol. The Morgan fingerprint density at radius 2 is 2.00 bits per heavy atom. The van der Waals surface area contributed by atoms with Crippen molar-refractivity contribution < 1.29 is 9.59 Å². The smallest absolute Gasteiger partial charge is 0.255 e. The fourth-order valence-corrected chi connectivity index (χ4v) is 5.08. The lowest BCUT2D eigenvalue weighted by atomic mass is 10.1. The summed E-state index contributed by atoms with van der Waals surface area (Å²) in [5.41, 5.74) is 1.46. The van der Waals surface area contributed by atoms with E-state index in [-0.39, 0.29) is 23.8 Å². The summed E-state index contributed by atoms with van der Waals surface area (Å²) < 4.78 is 0. The molecule has 3 aromatic heterocycles. The van der Waals surface area contributed by atoms with Gasteiger partial charge < -0.3 is 14.8 Å². The molecule has 0 spiro atoms. The second-order valence-corrected chi connectivity index (χ2v) is 8.11. The molecule has 5 heterocycles. The third-order valence-electron chi connectivity index (χ3n) is 5.54. The van der Waals surface area contributed by atoms with Gasteiger partial charge in [0.05, 0.1) is 27.9 Å². The van der Waals surface area contributed by atoms with Gasteiger partial charge in [-0.1, -0.05) is 0 Å². The normalized spacial score (nSPS) is 21.8. The van der Waals surface area contributed by atoms with Gasteiger partial charge in [-0.05, 0) is 31.9 Å². The summed E-state index contributed by atoms with van der Waals surface area (Å²) in [7, 11) is 0. The summed E-state index contributed by atoms with van der Waals surface area (Å²) in [6.07, 6.45) is 5.46. The van der Waals surface area contributed by atoms with Gasteiger partial charge >= 0.3 is 0 Å². The third kappa shape index (κ3) is 2.63. The van der Waals surface area contributed by atoms with Crippen LogP contribution in [0.5, 0.6) is 0 Å². The maximum Gasteiger partial charge on any atom is 0.255 e. The second kappa shape index (κ2) is 6.16. The quantitative estimate of drug-likeness (QED) is 0.706. The molecular weight excluding hydrogens is 362 g/mol. The molecule has 2 aliphatic rings. The van der Waals surface area contributed by atoms with Crippen LogP contribution in [0, 0.1) is 0 Å². The number of anilines is 1. The van der Waals surface area contributed by atoms with Crippen LogP contribution < -0.4 is 4.90 Å². The first kappa shape index (κ1) is 16.4. The van der Waals surface area contributed by atoms with Crippen LogP contribution in [0.2, 0.25) is 0 Å². The SMILES string of the molecule is CC(=O)c1cc(C(=O)N2C3CC[C@H]2CN(c2ncnc4[nH]ccc24)C3)cs1. The Morgan fingerprint density at radius 1 is 1.22 bits per heavy atom. The zero-order valence-corrected chi connectivity index (χ0v) is 15.7. The predicted octanol–water partition coefficient (Wildman–Crippen LogP) is 2.72. The number of hydrogen-bond acceptors (Lipinski definition) is 6. The van der Waals surface area contributed by atoms with Gasteiger partial charge in [-0.3, -0.25) is 9.59 Å². The highest BCUT2D eigenvalue weighted by Gasteiger charge is 2.43. The molecule has 2 saturated heterocycles. The van der Waals surface area contributed by atoms with Gasteiger partial charge in [0.25, 0.3) is 5.91 Å². The Balaban J connectivity index is 1.41. The summed E-state index contributed by atoms with van der Waals surface area (Å²) >= 11 is 1.34. The molecule has 0 saturated carbocycles. The number of carbonyl (C=O) groups is 2. The lowest BCUT2D eigenvalue weighted by Crippen LogP contribution is -2.56. The number of rotatable bonds is 3. The monoisotopic (exact) mass is 381 g/mol. The number of Topliss-reactive ketones (excluding diaryl/α,β-unsaturated/α-hetero) is 1. The van der Waals surface area contributed by atoms with Crippen molar-refractivity contribution in [2.24, 2.45) is 0 Å². The maximum absolute atomic E-state index is 13.1. The van der Waals surface area contributed by atoms with E-state index < -0.39 is 0 Å². The standard InChI is InChI=1S/C19H19N5O2S/c1-11(25)16-6-12(9-27-16)19(26)24-13-2-3-14(24)8-23(7-13)18-15-4-5-20-17(15)21-10-22-18/h4-6,9-10,13-14H,2-3,7-8H2,1H3,(H,20,21,22)/t13-,14?/m0/s1. The van der Waals surface area contributed by atoms with Crippen molar-refractivity contribution in [2.75, 3.05) is 18.0 Å².